The summed E-state index contributed by atoms with van der Waals surface area (Å²) in [7, 11) is 0. The van der Waals surface area contributed by atoms with Gasteiger partial charge in [0, 0.05) is 16.3 Å². The summed E-state index contributed by atoms with van der Waals surface area (Å²) >= 11 is 3.46. The van der Waals surface area contributed by atoms with Crippen molar-refractivity contribution in [2.75, 3.05) is 4.90 Å². The largest absolute Gasteiger partial charge is 0.274 e. The van der Waals surface area contributed by atoms with E-state index >= 15 is 0 Å². The molecular weight excluding hydrogens is 462 g/mol. The molecule has 6 rings (SSSR count). The lowest BCUT2D eigenvalue weighted by Gasteiger charge is -2.21. The van der Waals surface area contributed by atoms with Crippen LogP contribution in [0.1, 0.15) is 11.1 Å². The monoisotopic (exact) mass is 481 g/mol. The van der Waals surface area contributed by atoms with Gasteiger partial charge in [0.05, 0.1) is 17.5 Å². The van der Waals surface area contributed by atoms with E-state index in [4.69, 9.17) is 0 Å². The van der Waals surface area contributed by atoms with E-state index in [1.54, 1.807) is 0 Å². The predicted molar refractivity (Wildman–Crippen MR) is 129 cm³/mol. The molecule has 0 radical (unpaired) electrons. The van der Waals surface area contributed by atoms with Crippen LogP contribution in [0.3, 0.4) is 0 Å². The van der Waals surface area contributed by atoms with Crippen molar-refractivity contribution in [3.8, 4) is 0 Å². The van der Waals surface area contributed by atoms with E-state index in [-0.39, 0.29) is 35.5 Å². The molecule has 0 unspecified atom stereocenters. The van der Waals surface area contributed by atoms with Crippen LogP contribution in [0.15, 0.2) is 107 Å². The number of nitrogens with zero attached hydrogens (tertiary/aromatic N) is 1. The Morgan fingerprint density at radius 2 is 1.22 bits per heavy atom. The number of fused-ring (bicyclic) bond motifs is 5. The molecule has 2 fully saturated rings. The Labute approximate surface area is 195 Å². The number of amides is 2. The third-order valence-corrected chi connectivity index (χ3v) is 7.39. The molecule has 1 saturated carbocycles. The highest BCUT2D eigenvalue weighted by atomic mass is 79.9. The lowest BCUT2D eigenvalue weighted by atomic mass is 9.85. The minimum Gasteiger partial charge on any atom is -0.274 e. The molecule has 2 aliphatic carbocycles. The van der Waals surface area contributed by atoms with Gasteiger partial charge in [-0.15, -0.1) is 0 Å². The molecule has 156 valence electrons. The van der Waals surface area contributed by atoms with Crippen molar-refractivity contribution < 1.29 is 9.59 Å². The zero-order valence-corrected chi connectivity index (χ0v) is 18.8. The van der Waals surface area contributed by atoms with Crippen LogP contribution in [0.4, 0.5) is 5.69 Å². The minimum absolute atomic E-state index is 0.0611. The van der Waals surface area contributed by atoms with Gasteiger partial charge >= 0.3 is 0 Å². The number of hydrogen-bond donors (Lipinski definition) is 0. The standard InChI is InChI=1S/C28H20BrNO2/c29-19-12-7-13-20(16-19)30-27(31)25-21-14-15-22(26(25)28(30)32)24(21)23(17-8-3-1-4-9-17)18-10-5-2-6-11-18/h1-16,21-22,25-26H/t21-,22+,25-,26-/m0/s1. The smallest absolute Gasteiger partial charge is 0.238 e. The van der Waals surface area contributed by atoms with Crippen molar-refractivity contribution >= 4 is 39.0 Å². The summed E-state index contributed by atoms with van der Waals surface area (Å²) in [4.78, 5) is 28.5. The lowest BCUT2D eigenvalue weighted by molar-refractivity contribution is -0.122. The summed E-state index contributed by atoms with van der Waals surface area (Å²) in [6.07, 6.45) is 4.28. The van der Waals surface area contributed by atoms with Gasteiger partial charge in [0.2, 0.25) is 11.8 Å². The molecule has 1 aliphatic heterocycles. The van der Waals surface area contributed by atoms with Crippen molar-refractivity contribution in [1.29, 1.82) is 0 Å². The fraction of sp³-hybridized carbons (Fsp3) is 0.143. The van der Waals surface area contributed by atoms with E-state index in [1.165, 1.54) is 10.5 Å². The van der Waals surface area contributed by atoms with Crippen LogP contribution < -0.4 is 4.90 Å². The van der Waals surface area contributed by atoms with Crippen LogP contribution in [0.25, 0.3) is 5.57 Å². The first-order valence-corrected chi connectivity index (χ1v) is 11.6. The van der Waals surface area contributed by atoms with Crippen LogP contribution in [-0.2, 0) is 9.59 Å². The zero-order chi connectivity index (χ0) is 21.8. The van der Waals surface area contributed by atoms with E-state index in [9.17, 15) is 9.59 Å². The summed E-state index contributed by atoms with van der Waals surface area (Å²) in [5.74, 6) is -0.980. The molecule has 0 aromatic heterocycles. The van der Waals surface area contributed by atoms with Crippen molar-refractivity contribution in [2.45, 2.75) is 0 Å². The second kappa shape index (κ2) is 7.42. The molecular formula is C28H20BrNO2. The Morgan fingerprint density at radius 1 is 0.688 bits per heavy atom. The van der Waals surface area contributed by atoms with Gasteiger partial charge in [-0.05, 0) is 40.5 Å². The summed E-state index contributed by atoms with van der Waals surface area (Å²) in [6.45, 7) is 0. The second-order valence-electron chi connectivity index (χ2n) is 8.54. The summed E-state index contributed by atoms with van der Waals surface area (Å²) in [5.41, 5.74) is 5.23. The number of benzene rings is 3. The second-order valence-corrected chi connectivity index (χ2v) is 9.46. The quantitative estimate of drug-likeness (QED) is 0.346. The highest BCUT2D eigenvalue weighted by Crippen LogP contribution is 2.58. The number of halogens is 1. The number of carbonyl (C=O) groups is 2. The summed E-state index contributed by atoms with van der Waals surface area (Å²) < 4.78 is 0.852. The molecule has 4 heteroatoms. The SMILES string of the molecule is O=C1[C@@H]2[C@@H](C(=O)N1c1cccc(Br)c1)[C@H]1C=C[C@@H]2C1=C(c1ccccc1)c1ccccc1. The lowest BCUT2D eigenvalue weighted by Crippen LogP contribution is -2.33. The van der Waals surface area contributed by atoms with E-state index in [2.05, 4.69) is 52.3 Å². The van der Waals surface area contributed by atoms with Crippen molar-refractivity contribution in [3.05, 3.63) is 118 Å². The van der Waals surface area contributed by atoms with Gasteiger partial charge in [-0.3, -0.25) is 9.59 Å². The van der Waals surface area contributed by atoms with Crippen LogP contribution in [0, 0.1) is 23.7 Å². The van der Waals surface area contributed by atoms with Crippen molar-refractivity contribution in [2.24, 2.45) is 23.7 Å². The maximum absolute atomic E-state index is 13.6. The fourth-order valence-corrected chi connectivity index (χ4v) is 6.06. The topological polar surface area (TPSA) is 37.4 Å². The van der Waals surface area contributed by atoms with Crippen molar-refractivity contribution in [3.63, 3.8) is 0 Å². The number of imide groups is 1. The molecule has 3 aromatic carbocycles. The number of rotatable bonds is 3. The van der Waals surface area contributed by atoms with Gasteiger partial charge in [0.15, 0.2) is 0 Å². The van der Waals surface area contributed by atoms with Crippen LogP contribution >= 0.6 is 15.9 Å². The van der Waals surface area contributed by atoms with Crippen LogP contribution in [0.2, 0.25) is 0 Å². The maximum atomic E-state index is 13.6. The molecule has 4 atom stereocenters. The predicted octanol–water partition coefficient (Wildman–Crippen LogP) is 5.87. The first-order chi connectivity index (χ1) is 15.6. The third-order valence-electron chi connectivity index (χ3n) is 6.90. The van der Waals surface area contributed by atoms with E-state index < -0.39 is 0 Å². The molecule has 3 nitrogen and oxygen atoms in total. The normalized spacial score (nSPS) is 25.5. The molecule has 3 aliphatic rings. The van der Waals surface area contributed by atoms with Gasteiger partial charge in [-0.1, -0.05) is 94.8 Å². The zero-order valence-electron chi connectivity index (χ0n) is 17.2. The first-order valence-electron chi connectivity index (χ1n) is 10.8. The number of hydrogen-bond acceptors (Lipinski definition) is 2. The molecule has 1 heterocycles. The number of carbonyl (C=O) groups excluding carboxylic acids is 2. The fourth-order valence-electron chi connectivity index (χ4n) is 5.68. The van der Waals surface area contributed by atoms with E-state index in [1.807, 2.05) is 60.7 Å². The Bertz CT molecular complexity index is 1220. The first kappa shape index (κ1) is 19.4. The Kier molecular flexibility index (Phi) is 4.51. The van der Waals surface area contributed by atoms with Crippen LogP contribution in [-0.4, -0.2) is 11.8 Å². The Balaban J connectivity index is 1.49. The molecule has 2 amide bonds. The molecule has 1 saturated heterocycles. The molecule has 2 bridgehead atoms. The van der Waals surface area contributed by atoms with Gasteiger partial charge < -0.3 is 0 Å². The average Bonchev–Trinajstić information content (AvgIpc) is 3.45. The third kappa shape index (κ3) is 2.79. The Hall–Kier alpha value is -3.24. The van der Waals surface area contributed by atoms with E-state index in [0.29, 0.717) is 5.69 Å². The molecule has 0 N–H and O–H groups in total. The number of allylic oxidation sites excluding steroid dienone is 3. The van der Waals surface area contributed by atoms with Gasteiger partial charge in [-0.2, -0.15) is 0 Å². The minimum atomic E-state index is -0.339. The molecule has 3 aromatic rings. The van der Waals surface area contributed by atoms with E-state index in [0.717, 1.165) is 21.2 Å². The molecule has 32 heavy (non-hydrogen) atoms. The number of anilines is 1. The average molecular weight is 482 g/mol. The van der Waals surface area contributed by atoms with Gasteiger partial charge in [0.1, 0.15) is 0 Å². The Morgan fingerprint density at radius 3 is 1.72 bits per heavy atom. The highest BCUT2D eigenvalue weighted by molar-refractivity contribution is 9.10. The van der Waals surface area contributed by atoms with Crippen molar-refractivity contribution in [1.82, 2.24) is 0 Å². The molecule has 0 spiro atoms. The highest BCUT2D eigenvalue weighted by Gasteiger charge is 2.62. The summed E-state index contributed by atoms with van der Waals surface area (Å²) in [6, 6.07) is 28.0. The summed E-state index contributed by atoms with van der Waals surface area (Å²) in [5, 5.41) is 0. The van der Waals surface area contributed by atoms with Gasteiger partial charge in [0.25, 0.3) is 0 Å². The maximum Gasteiger partial charge on any atom is 0.238 e. The van der Waals surface area contributed by atoms with Gasteiger partial charge in [-0.25, -0.2) is 4.90 Å². The van der Waals surface area contributed by atoms with Crippen LogP contribution in [0.5, 0.6) is 0 Å².